The lowest BCUT2D eigenvalue weighted by Crippen LogP contribution is -2.28. The lowest BCUT2D eigenvalue weighted by Gasteiger charge is -2.17. The average Bonchev–Trinajstić information content (AvgIpc) is 2.95. The number of likely N-dealkylation sites (N-methyl/N-ethyl adjacent to an activating group) is 1. The van der Waals surface area contributed by atoms with Gasteiger partial charge in [0.25, 0.3) is 0 Å². The van der Waals surface area contributed by atoms with Crippen molar-refractivity contribution in [3.8, 4) is 0 Å². The van der Waals surface area contributed by atoms with Crippen molar-refractivity contribution in [1.82, 2.24) is 4.90 Å². The molecule has 0 aromatic carbocycles. The second kappa shape index (κ2) is 5.22. The summed E-state index contributed by atoms with van der Waals surface area (Å²) in [5, 5.41) is 0. The van der Waals surface area contributed by atoms with Crippen molar-refractivity contribution in [3.63, 3.8) is 0 Å². The van der Waals surface area contributed by atoms with Crippen LogP contribution in [-0.4, -0.2) is 37.1 Å². The number of nitrogens with zero attached hydrogens (tertiary/aromatic N) is 1. The molecule has 1 rings (SSSR count). The zero-order chi connectivity index (χ0) is 9.68. The van der Waals surface area contributed by atoms with Gasteiger partial charge in [0.2, 0.25) is 0 Å². The Balaban J connectivity index is 2.01. The first-order chi connectivity index (χ1) is 6.27. The Kier molecular flexibility index (Phi) is 4.22. The minimum Gasteiger partial charge on any atom is -0.464 e. The van der Waals surface area contributed by atoms with Gasteiger partial charge in [0.15, 0.2) is 0 Å². The summed E-state index contributed by atoms with van der Waals surface area (Å²) in [5.74, 6) is 0.240. The van der Waals surface area contributed by atoms with Crippen LogP contribution in [0.5, 0.6) is 0 Å². The summed E-state index contributed by atoms with van der Waals surface area (Å²) in [5.41, 5.74) is 0. The Morgan fingerprint density at radius 1 is 1.38 bits per heavy atom. The highest BCUT2D eigenvalue weighted by Gasteiger charge is 2.30. The zero-order valence-corrected chi connectivity index (χ0v) is 8.58. The van der Waals surface area contributed by atoms with E-state index in [9.17, 15) is 4.79 Å². The molecule has 0 amide bonds. The molecule has 0 aromatic rings. The number of hydrogen-bond donors (Lipinski definition) is 0. The van der Waals surface area contributed by atoms with Crippen LogP contribution in [0.1, 0.15) is 26.7 Å². The van der Waals surface area contributed by atoms with Crippen molar-refractivity contribution >= 4 is 5.97 Å². The highest BCUT2D eigenvalue weighted by molar-refractivity contribution is 5.74. The maximum absolute atomic E-state index is 11.1. The van der Waals surface area contributed by atoms with Gasteiger partial charge in [-0.3, -0.25) is 4.79 Å². The molecule has 0 radical (unpaired) electrons. The second-order valence-corrected chi connectivity index (χ2v) is 3.47. The molecule has 3 heteroatoms. The number of rotatable bonds is 6. The quantitative estimate of drug-likeness (QED) is 0.584. The third-order valence-corrected chi connectivity index (χ3v) is 2.46. The molecule has 0 unspecified atom stereocenters. The Bertz CT molecular complexity index is 162. The van der Waals surface area contributed by atoms with Gasteiger partial charge in [-0.2, -0.15) is 0 Å². The van der Waals surface area contributed by atoms with E-state index >= 15 is 0 Å². The number of ether oxygens (including phenoxy) is 1. The summed E-state index contributed by atoms with van der Waals surface area (Å²) in [7, 11) is 0. The van der Waals surface area contributed by atoms with E-state index in [4.69, 9.17) is 4.74 Å². The summed E-state index contributed by atoms with van der Waals surface area (Å²) in [6.07, 6.45) is 2.06. The van der Waals surface area contributed by atoms with E-state index in [1.165, 1.54) is 0 Å². The molecule has 13 heavy (non-hydrogen) atoms. The van der Waals surface area contributed by atoms with Crippen molar-refractivity contribution in [1.29, 1.82) is 0 Å². The molecule has 1 aliphatic rings. The predicted octanol–water partition coefficient (Wildman–Crippen LogP) is 1.28. The standard InChI is InChI=1S/C10H19NO2/c1-3-11(4-2)7-8-13-10(12)9-5-6-9/h9H,3-8H2,1-2H3. The molecule has 3 nitrogen and oxygen atoms in total. The molecule has 0 bridgehead atoms. The monoisotopic (exact) mass is 185 g/mol. The molecule has 1 fully saturated rings. The minimum atomic E-state index is 0.00663. The zero-order valence-electron chi connectivity index (χ0n) is 8.58. The van der Waals surface area contributed by atoms with E-state index in [1.54, 1.807) is 0 Å². The van der Waals surface area contributed by atoms with Crippen LogP contribution in [0.15, 0.2) is 0 Å². The van der Waals surface area contributed by atoms with Crippen LogP contribution in [-0.2, 0) is 9.53 Å². The lowest BCUT2D eigenvalue weighted by atomic mass is 10.4. The van der Waals surface area contributed by atoms with Gasteiger partial charge in [0, 0.05) is 6.54 Å². The highest BCUT2D eigenvalue weighted by atomic mass is 16.5. The van der Waals surface area contributed by atoms with Gasteiger partial charge in [-0.25, -0.2) is 0 Å². The third kappa shape index (κ3) is 3.77. The van der Waals surface area contributed by atoms with Crippen molar-refractivity contribution in [2.24, 2.45) is 5.92 Å². The molecule has 1 saturated carbocycles. The Labute approximate surface area is 80.1 Å². The summed E-state index contributed by atoms with van der Waals surface area (Å²) in [6, 6.07) is 0. The van der Waals surface area contributed by atoms with E-state index in [2.05, 4.69) is 18.7 Å². The Hall–Kier alpha value is -0.570. The Morgan fingerprint density at radius 2 is 2.00 bits per heavy atom. The molecule has 0 aliphatic heterocycles. The number of carbonyl (C=O) groups is 1. The number of esters is 1. The van der Waals surface area contributed by atoms with Gasteiger partial charge in [-0.15, -0.1) is 0 Å². The first kappa shape index (κ1) is 10.5. The van der Waals surface area contributed by atoms with Gasteiger partial charge >= 0.3 is 5.97 Å². The summed E-state index contributed by atoms with van der Waals surface area (Å²) >= 11 is 0. The SMILES string of the molecule is CCN(CC)CCOC(=O)C1CC1. The van der Waals surface area contributed by atoms with Crippen LogP contribution in [0.4, 0.5) is 0 Å². The number of carbonyl (C=O) groups excluding carboxylic acids is 1. The fraction of sp³-hybridized carbons (Fsp3) is 0.900. The molecule has 0 atom stereocenters. The fourth-order valence-corrected chi connectivity index (χ4v) is 1.25. The summed E-state index contributed by atoms with van der Waals surface area (Å²) < 4.78 is 5.12. The van der Waals surface area contributed by atoms with E-state index in [1.807, 2.05) is 0 Å². The van der Waals surface area contributed by atoms with Crippen molar-refractivity contribution in [2.75, 3.05) is 26.2 Å². The Morgan fingerprint density at radius 3 is 2.46 bits per heavy atom. The largest absolute Gasteiger partial charge is 0.464 e. The van der Waals surface area contributed by atoms with Crippen molar-refractivity contribution in [3.05, 3.63) is 0 Å². The van der Waals surface area contributed by atoms with Gasteiger partial charge in [0.05, 0.1) is 5.92 Å². The molecule has 76 valence electrons. The molecule has 0 N–H and O–H groups in total. The third-order valence-electron chi connectivity index (χ3n) is 2.46. The van der Waals surface area contributed by atoms with Gasteiger partial charge in [0.1, 0.15) is 6.61 Å². The lowest BCUT2D eigenvalue weighted by molar-refractivity contribution is -0.145. The smallest absolute Gasteiger partial charge is 0.308 e. The number of hydrogen-bond acceptors (Lipinski definition) is 3. The normalized spacial score (nSPS) is 16.2. The van der Waals surface area contributed by atoms with E-state index in [0.29, 0.717) is 6.61 Å². The van der Waals surface area contributed by atoms with Crippen molar-refractivity contribution in [2.45, 2.75) is 26.7 Å². The maximum Gasteiger partial charge on any atom is 0.308 e. The van der Waals surface area contributed by atoms with Crippen LogP contribution in [0.25, 0.3) is 0 Å². The van der Waals surface area contributed by atoms with Crippen LogP contribution in [0.3, 0.4) is 0 Å². The summed E-state index contributed by atoms with van der Waals surface area (Å²) in [4.78, 5) is 13.4. The first-order valence-corrected chi connectivity index (χ1v) is 5.16. The molecular weight excluding hydrogens is 166 g/mol. The topological polar surface area (TPSA) is 29.5 Å². The second-order valence-electron chi connectivity index (χ2n) is 3.47. The van der Waals surface area contributed by atoms with Crippen molar-refractivity contribution < 1.29 is 9.53 Å². The van der Waals surface area contributed by atoms with E-state index in [-0.39, 0.29) is 11.9 Å². The predicted molar refractivity (Wildman–Crippen MR) is 51.5 cm³/mol. The fourth-order valence-electron chi connectivity index (χ4n) is 1.25. The molecular formula is C10H19NO2. The summed E-state index contributed by atoms with van der Waals surface area (Å²) in [6.45, 7) is 7.70. The van der Waals surface area contributed by atoms with Crippen LogP contribution in [0, 0.1) is 5.92 Å². The van der Waals surface area contributed by atoms with Crippen LogP contribution >= 0.6 is 0 Å². The molecule has 0 aromatic heterocycles. The van der Waals surface area contributed by atoms with Gasteiger partial charge in [-0.05, 0) is 25.9 Å². The van der Waals surface area contributed by atoms with Crippen LogP contribution < -0.4 is 0 Å². The highest BCUT2D eigenvalue weighted by Crippen LogP contribution is 2.29. The van der Waals surface area contributed by atoms with Gasteiger partial charge < -0.3 is 9.64 Å². The molecule has 0 heterocycles. The molecule has 0 spiro atoms. The maximum atomic E-state index is 11.1. The minimum absolute atomic E-state index is 0.00663. The van der Waals surface area contributed by atoms with Gasteiger partial charge in [-0.1, -0.05) is 13.8 Å². The average molecular weight is 185 g/mol. The first-order valence-electron chi connectivity index (χ1n) is 5.16. The van der Waals surface area contributed by atoms with Crippen LogP contribution in [0.2, 0.25) is 0 Å². The van der Waals surface area contributed by atoms with E-state index < -0.39 is 0 Å². The van der Waals surface area contributed by atoms with E-state index in [0.717, 1.165) is 32.5 Å². The molecule has 0 saturated heterocycles. The molecule has 1 aliphatic carbocycles.